The molecule has 0 spiro atoms. The van der Waals surface area contributed by atoms with E-state index in [2.05, 4.69) is 9.05 Å². The molecule has 0 unspecified atom stereocenters. The summed E-state index contributed by atoms with van der Waals surface area (Å²) in [4.78, 5) is 8.50. The zero-order valence-electron chi connectivity index (χ0n) is 4.93. The van der Waals surface area contributed by atoms with Gasteiger partial charge in [0.2, 0.25) is 5.79 Å². The van der Waals surface area contributed by atoms with Gasteiger partial charge in [-0.15, -0.1) is 0 Å². The lowest BCUT2D eigenvalue weighted by molar-refractivity contribution is -0.221. The van der Waals surface area contributed by atoms with Gasteiger partial charge in [0.25, 0.3) is 0 Å². The van der Waals surface area contributed by atoms with Crippen LogP contribution >= 0.6 is 7.82 Å². The molecule has 0 radical (unpaired) electrons. The van der Waals surface area contributed by atoms with Crippen LogP contribution in [0, 0.1) is 0 Å². The Labute approximate surface area is 56.6 Å². The summed E-state index contributed by atoms with van der Waals surface area (Å²) in [6.45, 7) is -1.22. The van der Waals surface area contributed by atoms with Gasteiger partial charge in [-0.2, -0.15) is 0 Å². The summed E-state index contributed by atoms with van der Waals surface area (Å²) in [5.41, 5.74) is 0. The van der Waals surface area contributed by atoms with Gasteiger partial charge in [0.05, 0.1) is 0 Å². The van der Waals surface area contributed by atoms with Crippen LogP contribution in [0.1, 0.15) is 0 Å². The molecular formula is C3H7O6P. The fourth-order valence-corrected chi connectivity index (χ4v) is 1.26. The Kier molecular flexibility index (Phi) is 1.84. The fraction of sp³-hybridized carbons (Fsp3) is 1.00. The van der Waals surface area contributed by atoms with Crippen molar-refractivity contribution in [2.45, 2.75) is 5.79 Å². The lowest BCUT2D eigenvalue weighted by atomic mass is 10.3. The highest BCUT2D eigenvalue weighted by molar-refractivity contribution is 7.47. The molecule has 60 valence electrons. The topological polar surface area (TPSA) is 96.2 Å². The highest BCUT2D eigenvalue weighted by Gasteiger charge is 2.38. The van der Waals surface area contributed by atoms with Gasteiger partial charge in [0, 0.05) is 0 Å². The third-order valence-corrected chi connectivity index (χ3v) is 1.83. The van der Waals surface area contributed by atoms with Gasteiger partial charge in [-0.05, 0) is 0 Å². The first-order valence-electron chi connectivity index (χ1n) is 2.48. The zero-order chi connectivity index (χ0) is 7.83. The van der Waals surface area contributed by atoms with E-state index in [1.807, 2.05) is 0 Å². The van der Waals surface area contributed by atoms with Crippen LogP contribution in [0.3, 0.4) is 0 Å². The summed E-state index contributed by atoms with van der Waals surface area (Å²) in [7, 11) is -3.99. The van der Waals surface area contributed by atoms with Crippen molar-refractivity contribution in [2.75, 3.05) is 13.2 Å². The maximum atomic E-state index is 10.4. The Morgan fingerprint density at radius 1 is 1.30 bits per heavy atom. The van der Waals surface area contributed by atoms with Crippen molar-refractivity contribution >= 4 is 7.82 Å². The van der Waals surface area contributed by atoms with Crippen molar-refractivity contribution in [2.24, 2.45) is 0 Å². The molecule has 7 heteroatoms. The van der Waals surface area contributed by atoms with Crippen molar-refractivity contribution in [3.8, 4) is 0 Å². The van der Waals surface area contributed by atoms with Crippen molar-refractivity contribution in [3.05, 3.63) is 0 Å². The highest BCUT2D eigenvalue weighted by Crippen LogP contribution is 2.47. The molecule has 0 aromatic carbocycles. The number of rotatable bonds is 0. The Morgan fingerprint density at radius 2 is 1.70 bits per heavy atom. The minimum atomic E-state index is -3.99. The Hall–Kier alpha value is 0.0300. The van der Waals surface area contributed by atoms with Crippen molar-refractivity contribution < 1.29 is 28.7 Å². The number of phosphoric ester groups is 1. The van der Waals surface area contributed by atoms with E-state index in [1.165, 1.54) is 0 Å². The maximum absolute atomic E-state index is 10.4. The van der Waals surface area contributed by atoms with E-state index in [0.29, 0.717) is 0 Å². The fourth-order valence-electron chi connectivity index (χ4n) is 0.449. The number of hydrogen-bond donors (Lipinski definition) is 3. The highest BCUT2D eigenvalue weighted by atomic mass is 31.2. The number of hydrogen-bond acceptors (Lipinski definition) is 5. The molecular weight excluding hydrogens is 163 g/mol. The molecule has 6 nitrogen and oxygen atoms in total. The summed E-state index contributed by atoms with van der Waals surface area (Å²) in [6, 6.07) is 0. The van der Waals surface area contributed by atoms with Crippen LogP contribution in [0.5, 0.6) is 0 Å². The molecule has 1 saturated heterocycles. The third-order valence-electron chi connectivity index (χ3n) is 0.918. The van der Waals surface area contributed by atoms with Crippen molar-refractivity contribution in [1.29, 1.82) is 0 Å². The van der Waals surface area contributed by atoms with Gasteiger partial charge in [-0.25, -0.2) is 4.57 Å². The quantitative estimate of drug-likeness (QED) is 0.312. The summed E-state index contributed by atoms with van der Waals surface area (Å²) in [5.74, 6) is -2.14. The summed E-state index contributed by atoms with van der Waals surface area (Å²) >= 11 is 0. The standard InChI is InChI=1S/C3H7O6P/c4-3(5)1-8-10(6,7)9-2-3/h4-5H,1-2H2,(H,6,7). The second-order valence-corrected chi connectivity index (χ2v) is 3.45. The van der Waals surface area contributed by atoms with Gasteiger partial charge >= 0.3 is 7.82 Å². The first kappa shape index (κ1) is 8.13. The summed E-state index contributed by atoms with van der Waals surface area (Å²) in [5, 5.41) is 17.4. The van der Waals surface area contributed by atoms with Gasteiger partial charge in [-0.1, -0.05) is 0 Å². The van der Waals surface area contributed by atoms with Crippen LogP contribution in [0.15, 0.2) is 0 Å². The average Bonchev–Trinajstić information content (AvgIpc) is 1.79. The molecule has 1 rings (SSSR count). The van der Waals surface area contributed by atoms with Crippen LogP contribution in [-0.4, -0.2) is 34.1 Å². The lowest BCUT2D eigenvalue weighted by Gasteiger charge is -2.28. The molecule has 10 heavy (non-hydrogen) atoms. The van der Waals surface area contributed by atoms with E-state index >= 15 is 0 Å². The predicted molar refractivity (Wildman–Crippen MR) is 28.9 cm³/mol. The lowest BCUT2D eigenvalue weighted by Crippen LogP contribution is -2.41. The molecule has 3 N–H and O–H groups in total. The van der Waals surface area contributed by atoms with E-state index < -0.39 is 26.8 Å². The molecule has 0 amide bonds. The van der Waals surface area contributed by atoms with E-state index in [-0.39, 0.29) is 0 Å². The molecule has 1 heterocycles. The van der Waals surface area contributed by atoms with E-state index in [0.717, 1.165) is 0 Å². The van der Waals surface area contributed by atoms with Crippen LogP contribution in [0.4, 0.5) is 0 Å². The van der Waals surface area contributed by atoms with Gasteiger partial charge in [0.1, 0.15) is 13.2 Å². The van der Waals surface area contributed by atoms with Crippen molar-refractivity contribution in [1.82, 2.24) is 0 Å². The summed E-state index contributed by atoms with van der Waals surface area (Å²) < 4.78 is 18.5. The van der Waals surface area contributed by atoms with Crippen LogP contribution in [-0.2, 0) is 13.6 Å². The normalized spacial score (nSPS) is 29.9. The largest absolute Gasteiger partial charge is 0.472 e. The molecule has 0 saturated carbocycles. The summed E-state index contributed by atoms with van der Waals surface area (Å²) in [6.07, 6.45) is 0. The number of phosphoric acid groups is 1. The predicted octanol–water partition coefficient (Wildman–Crippen LogP) is -1.19. The van der Waals surface area contributed by atoms with E-state index in [1.54, 1.807) is 0 Å². The maximum Gasteiger partial charge on any atom is 0.472 e. The molecule has 0 aromatic rings. The SMILES string of the molecule is O=P1(O)OCC(O)(O)CO1. The molecule has 1 aliphatic rings. The van der Waals surface area contributed by atoms with E-state index in [9.17, 15) is 4.57 Å². The Morgan fingerprint density at radius 3 is 2.00 bits per heavy atom. The molecule has 1 fully saturated rings. The molecule has 0 atom stereocenters. The second-order valence-electron chi connectivity index (χ2n) is 2.00. The Bertz CT molecular complexity index is 162. The minimum Gasteiger partial charge on any atom is -0.362 e. The van der Waals surface area contributed by atoms with Crippen LogP contribution in [0.25, 0.3) is 0 Å². The number of aliphatic hydroxyl groups is 2. The van der Waals surface area contributed by atoms with Crippen LogP contribution in [0.2, 0.25) is 0 Å². The monoisotopic (exact) mass is 170 g/mol. The average molecular weight is 170 g/mol. The first-order valence-corrected chi connectivity index (χ1v) is 3.97. The van der Waals surface area contributed by atoms with Gasteiger partial charge in [0.15, 0.2) is 0 Å². The minimum absolute atomic E-state index is 0.610. The van der Waals surface area contributed by atoms with Crippen molar-refractivity contribution in [3.63, 3.8) is 0 Å². The van der Waals surface area contributed by atoms with E-state index in [4.69, 9.17) is 15.1 Å². The second kappa shape index (κ2) is 2.27. The molecule has 0 aliphatic carbocycles. The smallest absolute Gasteiger partial charge is 0.362 e. The van der Waals surface area contributed by atoms with Crippen LogP contribution < -0.4 is 0 Å². The van der Waals surface area contributed by atoms with Gasteiger partial charge in [-0.3, -0.25) is 9.05 Å². The first-order chi connectivity index (χ1) is 4.41. The molecule has 0 aromatic heterocycles. The Balaban J connectivity index is 2.54. The van der Waals surface area contributed by atoms with Gasteiger partial charge < -0.3 is 15.1 Å². The molecule has 0 bridgehead atoms. The zero-order valence-corrected chi connectivity index (χ0v) is 5.82. The molecule has 1 aliphatic heterocycles. The third kappa shape index (κ3) is 2.02.